The lowest BCUT2D eigenvalue weighted by Gasteiger charge is -2.18. The van der Waals surface area contributed by atoms with Crippen molar-refractivity contribution in [2.45, 2.75) is 0 Å². The number of hydrogen-bond acceptors (Lipinski definition) is 1. The number of hydrogen-bond donors (Lipinski definition) is 0. The predicted octanol–water partition coefficient (Wildman–Crippen LogP) is 12.5. The second-order valence-corrected chi connectivity index (χ2v) is 12.2. The molecule has 1 heterocycles. The number of thiophene rings is 1. The SMILES string of the molecule is [2H]c1ccc2cc(-c3c4ccccc4c(-c4ccc(-c5ccc6sc7cc([2H])ccc7c6c5)cc4)c4ccccc34)ccc2c1. The molecule has 0 aliphatic rings. The Morgan fingerprint density at radius 1 is 0.349 bits per heavy atom. The predicted molar refractivity (Wildman–Crippen MR) is 188 cm³/mol. The van der Waals surface area contributed by atoms with Crippen LogP contribution in [0.3, 0.4) is 0 Å². The number of benzene rings is 8. The monoisotopic (exact) mass is 564 g/mol. The summed E-state index contributed by atoms with van der Waals surface area (Å²) in [5, 5.41) is 9.64. The Morgan fingerprint density at radius 2 is 0.907 bits per heavy atom. The molecule has 1 heteroatoms. The molecule has 0 amide bonds. The van der Waals surface area contributed by atoms with Crippen molar-refractivity contribution in [3.63, 3.8) is 0 Å². The maximum Gasteiger partial charge on any atom is 0.0623 e. The van der Waals surface area contributed by atoms with Gasteiger partial charge in [0.05, 0.1) is 2.74 Å². The van der Waals surface area contributed by atoms with Gasteiger partial charge in [0.25, 0.3) is 0 Å². The summed E-state index contributed by atoms with van der Waals surface area (Å²) in [5.41, 5.74) is 7.26. The quantitative estimate of drug-likeness (QED) is 0.187. The third-order valence-corrected chi connectivity index (χ3v) is 9.86. The molecule has 0 spiro atoms. The van der Waals surface area contributed by atoms with Gasteiger partial charge < -0.3 is 0 Å². The van der Waals surface area contributed by atoms with E-state index in [1.807, 2.05) is 30.3 Å². The van der Waals surface area contributed by atoms with Gasteiger partial charge in [-0.1, -0.05) is 133 Å². The first-order chi connectivity index (χ1) is 22.1. The lowest BCUT2D eigenvalue weighted by molar-refractivity contribution is 1.63. The molecular formula is C42H26S. The van der Waals surface area contributed by atoms with E-state index >= 15 is 0 Å². The molecule has 8 aromatic carbocycles. The van der Waals surface area contributed by atoms with E-state index < -0.39 is 0 Å². The maximum absolute atomic E-state index is 8.03. The molecule has 43 heavy (non-hydrogen) atoms. The van der Waals surface area contributed by atoms with Crippen molar-refractivity contribution in [3.05, 3.63) is 158 Å². The first-order valence-corrected chi connectivity index (χ1v) is 15.4. The fourth-order valence-corrected chi connectivity index (χ4v) is 7.78. The molecule has 0 fully saturated rings. The van der Waals surface area contributed by atoms with Crippen molar-refractivity contribution in [3.8, 4) is 33.4 Å². The Kier molecular flexibility index (Phi) is 5.03. The van der Waals surface area contributed by atoms with Crippen molar-refractivity contribution in [1.82, 2.24) is 0 Å². The van der Waals surface area contributed by atoms with E-state index in [1.54, 1.807) is 11.3 Å². The second-order valence-electron chi connectivity index (χ2n) is 11.1. The van der Waals surface area contributed by atoms with Crippen molar-refractivity contribution >= 4 is 63.8 Å². The molecule has 0 N–H and O–H groups in total. The molecule has 0 aliphatic carbocycles. The molecule has 9 aromatic rings. The lowest BCUT2D eigenvalue weighted by atomic mass is 9.85. The molecule has 0 atom stereocenters. The zero-order chi connectivity index (χ0) is 30.1. The van der Waals surface area contributed by atoms with Gasteiger partial charge in [0.2, 0.25) is 0 Å². The van der Waals surface area contributed by atoms with Gasteiger partial charge in [0, 0.05) is 20.2 Å². The van der Waals surface area contributed by atoms with Gasteiger partial charge in [-0.05, 0) is 90.0 Å². The van der Waals surface area contributed by atoms with E-state index in [0.717, 1.165) is 15.5 Å². The summed E-state index contributed by atoms with van der Waals surface area (Å²) in [5.74, 6) is 0. The van der Waals surface area contributed by atoms with Crippen LogP contribution in [-0.2, 0) is 0 Å². The zero-order valence-electron chi connectivity index (χ0n) is 25.3. The molecule has 0 nitrogen and oxygen atoms in total. The first kappa shape index (κ1) is 22.4. The van der Waals surface area contributed by atoms with Gasteiger partial charge in [-0.2, -0.15) is 0 Å². The van der Waals surface area contributed by atoms with E-state index in [-0.39, 0.29) is 0 Å². The lowest BCUT2D eigenvalue weighted by Crippen LogP contribution is -1.91. The Hall–Kier alpha value is -5.24. The minimum Gasteiger partial charge on any atom is -0.135 e. The van der Waals surface area contributed by atoms with E-state index in [1.165, 1.54) is 70.4 Å². The maximum atomic E-state index is 8.03. The molecule has 9 rings (SSSR count). The average Bonchev–Trinajstić information content (AvgIpc) is 3.44. The van der Waals surface area contributed by atoms with Crippen LogP contribution in [0.4, 0.5) is 0 Å². The Bertz CT molecular complexity index is 2550. The largest absolute Gasteiger partial charge is 0.135 e. The highest BCUT2D eigenvalue weighted by Gasteiger charge is 2.17. The molecule has 0 saturated carbocycles. The molecule has 0 bridgehead atoms. The number of fused-ring (bicyclic) bond motifs is 6. The van der Waals surface area contributed by atoms with Gasteiger partial charge in [-0.25, -0.2) is 0 Å². The van der Waals surface area contributed by atoms with Crippen LogP contribution in [0.1, 0.15) is 2.74 Å². The van der Waals surface area contributed by atoms with Crippen LogP contribution < -0.4 is 0 Å². The van der Waals surface area contributed by atoms with Crippen LogP contribution >= 0.6 is 11.3 Å². The third-order valence-electron chi connectivity index (χ3n) is 8.73. The highest BCUT2D eigenvalue weighted by atomic mass is 32.1. The van der Waals surface area contributed by atoms with Crippen LogP contribution in [-0.4, -0.2) is 0 Å². The summed E-state index contributed by atoms with van der Waals surface area (Å²) in [6.07, 6.45) is 0. The summed E-state index contributed by atoms with van der Waals surface area (Å²) in [4.78, 5) is 0. The van der Waals surface area contributed by atoms with E-state index in [2.05, 4.69) is 115 Å². The zero-order valence-corrected chi connectivity index (χ0v) is 24.1. The minimum atomic E-state index is 0.533. The summed E-state index contributed by atoms with van der Waals surface area (Å²) < 4.78 is 18.5. The molecule has 1 aromatic heterocycles. The van der Waals surface area contributed by atoms with Crippen molar-refractivity contribution < 1.29 is 2.74 Å². The fraction of sp³-hybridized carbons (Fsp3) is 0. The molecular weight excluding hydrogens is 537 g/mol. The van der Waals surface area contributed by atoms with E-state index in [9.17, 15) is 0 Å². The molecule has 0 aliphatic heterocycles. The van der Waals surface area contributed by atoms with Gasteiger partial charge in [-0.15, -0.1) is 11.3 Å². The highest BCUT2D eigenvalue weighted by molar-refractivity contribution is 7.25. The topological polar surface area (TPSA) is 0 Å². The summed E-state index contributed by atoms with van der Waals surface area (Å²) in [6, 6.07) is 52.7. The summed E-state index contributed by atoms with van der Waals surface area (Å²) in [7, 11) is 0. The standard InChI is InChI=1S/C42H26S/c1-2-10-30-25-32(22-19-27(30)9-1)42-36-14-5-3-12-34(36)41(35-13-4-6-15-37(35)42)29-20-17-28(18-21-29)31-23-24-40-38(26-31)33-11-7-8-16-39(33)43-40/h1-26H/i1D,8D. The van der Waals surface area contributed by atoms with E-state index in [4.69, 9.17) is 2.74 Å². The first-order valence-electron chi connectivity index (χ1n) is 15.6. The van der Waals surface area contributed by atoms with Crippen molar-refractivity contribution in [2.24, 2.45) is 0 Å². The fourth-order valence-electron chi connectivity index (χ4n) is 6.71. The normalized spacial score (nSPS) is 12.4. The molecule has 0 radical (unpaired) electrons. The summed E-state index contributed by atoms with van der Waals surface area (Å²) >= 11 is 1.75. The van der Waals surface area contributed by atoms with Gasteiger partial charge >= 0.3 is 0 Å². The van der Waals surface area contributed by atoms with Crippen LogP contribution in [0, 0.1) is 0 Å². The smallest absolute Gasteiger partial charge is 0.0623 e. The van der Waals surface area contributed by atoms with Gasteiger partial charge in [0.1, 0.15) is 0 Å². The minimum absolute atomic E-state index is 0.533. The van der Waals surface area contributed by atoms with Crippen LogP contribution in [0.15, 0.2) is 158 Å². The van der Waals surface area contributed by atoms with Gasteiger partial charge in [0.15, 0.2) is 0 Å². The van der Waals surface area contributed by atoms with Crippen LogP contribution in [0.5, 0.6) is 0 Å². The molecule has 0 saturated heterocycles. The second kappa shape index (κ2) is 9.66. The van der Waals surface area contributed by atoms with Crippen molar-refractivity contribution in [2.75, 3.05) is 0 Å². The molecule has 0 unspecified atom stereocenters. The molecule has 200 valence electrons. The Morgan fingerprint density at radius 3 is 1.65 bits per heavy atom. The Labute approximate surface area is 256 Å². The highest BCUT2D eigenvalue weighted by Crippen LogP contribution is 2.44. The average molecular weight is 565 g/mol. The van der Waals surface area contributed by atoms with Crippen LogP contribution in [0.25, 0.3) is 85.9 Å². The Balaban J connectivity index is 1.21. The number of rotatable bonds is 3. The summed E-state index contributed by atoms with van der Waals surface area (Å²) in [6.45, 7) is 0. The third kappa shape index (κ3) is 3.90. The van der Waals surface area contributed by atoms with E-state index in [0.29, 0.717) is 12.1 Å². The van der Waals surface area contributed by atoms with Crippen molar-refractivity contribution in [1.29, 1.82) is 0 Å². The van der Waals surface area contributed by atoms with Crippen LogP contribution in [0.2, 0.25) is 0 Å². The van der Waals surface area contributed by atoms with Gasteiger partial charge in [-0.3, -0.25) is 0 Å².